The summed E-state index contributed by atoms with van der Waals surface area (Å²) in [6, 6.07) is 0. The van der Waals surface area contributed by atoms with Crippen LogP contribution in [-0.2, 0) is 4.79 Å². The summed E-state index contributed by atoms with van der Waals surface area (Å²) in [5.74, 6) is -11.4. The van der Waals surface area contributed by atoms with Crippen LogP contribution >= 0.6 is 12.2 Å². The zero-order valence-corrected chi connectivity index (χ0v) is 9.60. The van der Waals surface area contributed by atoms with Crippen LogP contribution in [0.5, 0.6) is 0 Å². The number of rotatable bonds is 1. The predicted molar refractivity (Wildman–Crippen MR) is 58.1 cm³/mol. The first kappa shape index (κ1) is 13.4. The summed E-state index contributed by atoms with van der Waals surface area (Å²) in [4.78, 5) is 11.2. The molecule has 1 aromatic rings. The maximum Gasteiger partial charge on any atom is 0.273 e. The molecule has 1 amide bonds. The zero-order chi connectivity index (χ0) is 14.3. The Morgan fingerprint density at radius 2 is 1.32 bits per heavy atom. The summed E-state index contributed by atoms with van der Waals surface area (Å²) in [5.41, 5.74) is -1.65. The van der Waals surface area contributed by atoms with E-state index in [2.05, 4.69) is 22.9 Å². The van der Waals surface area contributed by atoms with Crippen molar-refractivity contribution in [3.05, 3.63) is 40.3 Å². The van der Waals surface area contributed by atoms with Crippen molar-refractivity contribution in [2.45, 2.75) is 0 Å². The minimum absolute atomic E-state index is 0.139. The van der Waals surface area contributed by atoms with Gasteiger partial charge < -0.3 is 5.32 Å². The molecule has 2 N–H and O–H groups in total. The average Bonchev–Trinajstić information content (AvgIpc) is 2.68. The van der Waals surface area contributed by atoms with Crippen molar-refractivity contribution in [3.63, 3.8) is 0 Å². The Morgan fingerprint density at radius 1 is 0.842 bits per heavy atom. The van der Waals surface area contributed by atoms with E-state index in [-0.39, 0.29) is 5.11 Å². The average molecular weight is 294 g/mol. The molecule has 3 nitrogen and oxygen atoms in total. The van der Waals surface area contributed by atoms with Crippen molar-refractivity contribution in [3.8, 4) is 0 Å². The first-order chi connectivity index (χ1) is 8.82. The maximum absolute atomic E-state index is 13.3. The Labute approximate surface area is 108 Å². The Hall–Kier alpha value is -2.03. The van der Waals surface area contributed by atoms with Gasteiger partial charge in [0.2, 0.25) is 5.82 Å². The van der Waals surface area contributed by atoms with Gasteiger partial charge in [0.05, 0.1) is 5.56 Å². The summed E-state index contributed by atoms with van der Waals surface area (Å²) >= 11 is 4.55. The lowest BCUT2D eigenvalue weighted by molar-refractivity contribution is -0.115. The molecule has 19 heavy (non-hydrogen) atoms. The number of hydrogen-bond acceptors (Lipinski definition) is 2. The van der Waals surface area contributed by atoms with Crippen LogP contribution in [0.15, 0.2) is 5.70 Å². The maximum atomic E-state index is 13.3. The van der Waals surface area contributed by atoms with Gasteiger partial charge in [0, 0.05) is 0 Å². The van der Waals surface area contributed by atoms with E-state index in [1.165, 1.54) is 0 Å². The highest BCUT2D eigenvalue weighted by atomic mass is 32.1. The molecule has 100 valence electrons. The molecule has 0 unspecified atom stereocenters. The van der Waals surface area contributed by atoms with Crippen LogP contribution < -0.4 is 10.6 Å². The first-order valence-electron chi connectivity index (χ1n) is 4.68. The molecule has 1 heterocycles. The molecule has 9 heteroatoms. The third-order valence-electron chi connectivity index (χ3n) is 2.25. The second-order valence-electron chi connectivity index (χ2n) is 3.45. The van der Waals surface area contributed by atoms with Gasteiger partial charge in [0.25, 0.3) is 5.91 Å². The van der Waals surface area contributed by atoms with Gasteiger partial charge in [-0.1, -0.05) is 0 Å². The van der Waals surface area contributed by atoms with Crippen LogP contribution in [0.2, 0.25) is 0 Å². The Morgan fingerprint density at radius 3 is 1.74 bits per heavy atom. The molecule has 1 saturated heterocycles. The van der Waals surface area contributed by atoms with Crippen LogP contribution in [0.4, 0.5) is 22.0 Å². The van der Waals surface area contributed by atoms with E-state index in [1.54, 1.807) is 0 Å². The fourth-order valence-electron chi connectivity index (χ4n) is 1.38. The van der Waals surface area contributed by atoms with E-state index in [1.807, 2.05) is 0 Å². The Kier molecular flexibility index (Phi) is 3.23. The molecule has 0 spiro atoms. The van der Waals surface area contributed by atoms with Crippen LogP contribution in [0.25, 0.3) is 6.08 Å². The fraction of sp³-hybridized carbons (Fsp3) is 0. The monoisotopic (exact) mass is 294 g/mol. The fourth-order valence-corrected chi connectivity index (χ4v) is 1.58. The Bertz CT molecular complexity index is 614. The van der Waals surface area contributed by atoms with Gasteiger partial charge in [-0.15, -0.1) is 0 Å². The largest absolute Gasteiger partial charge is 0.328 e. The Balaban J connectivity index is 2.62. The number of carbonyl (C=O) groups excluding carboxylic acids is 1. The van der Waals surface area contributed by atoms with Gasteiger partial charge in [-0.2, -0.15) is 0 Å². The molecule has 0 bridgehead atoms. The molecular weight excluding hydrogens is 291 g/mol. The van der Waals surface area contributed by atoms with Crippen LogP contribution in [0, 0.1) is 29.1 Å². The lowest BCUT2D eigenvalue weighted by Crippen LogP contribution is -2.21. The number of hydrogen-bond donors (Lipinski definition) is 2. The van der Waals surface area contributed by atoms with Crippen molar-refractivity contribution in [2.24, 2.45) is 0 Å². The molecular formula is C10H3F5N2OS. The van der Waals surface area contributed by atoms with Gasteiger partial charge in [-0.3, -0.25) is 10.1 Å². The predicted octanol–water partition coefficient (Wildman–Crippen LogP) is 1.73. The van der Waals surface area contributed by atoms with E-state index in [4.69, 9.17) is 0 Å². The lowest BCUT2D eigenvalue weighted by Gasteiger charge is -2.05. The summed E-state index contributed by atoms with van der Waals surface area (Å²) in [6.45, 7) is 0. The highest BCUT2D eigenvalue weighted by Gasteiger charge is 2.27. The number of halogens is 5. The van der Waals surface area contributed by atoms with Crippen molar-refractivity contribution in [1.82, 2.24) is 10.6 Å². The van der Waals surface area contributed by atoms with Gasteiger partial charge in [0.1, 0.15) is 5.70 Å². The molecule has 0 saturated carbocycles. The van der Waals surface area contributed by atoms with Crippen molar-refractivity contribution >= 4 is 29.3 Å². The standard InChI is InChI=1S/C10H3F5N2OS/c11-4-2(1-3-9(18)17-10(19)16-3)5(12)7(14)8(15)6(4)13/h1H,(H2,16,17,18,19)/b3-1-. The molecule has 1 aliphatic heterocycles. The topological polar surface area (TPSA) is 41.1 Å². The van der Waals surface area contributed by atoms with Crippen molar-refractivity contribution < 1.29 is 26.7 Å². The molecule has 2 rings (SSSR count). The molecule has 0 atom stereocenters. The molecule has 1 aromatic carbocycles. The molecule has 1 aliphatic rings. The minimum Gasteiger partial charge on any atom is -0.328 e. The number of nitrogens with one attached hydrogen (secondary N) is 2. The smallest absolute Gasteiger partial charge is 0.273 e. The van der Waals surface area contributed by atoms with E-state index >= 15 is 0 Å². The normalized spacial score (nSPS) is 16.8. The van der Waals surface area contributed by atoms with E-state index in [0.717, 1.165) is 0 Å². The summed E-state index contributed by atoms with van der Waals surface area (Å²) in [6.07, 6.45) is 0.491. The van der Waals surface area contributed by atoms with Crippen LogP contribution in [0.1, 0.15) is 5.56 Å². The van der Waals surface area contributed by atoms with Crippen molar-refractivity contribution in [2.75, 3.05) is 0 Å². The summed E-state index contributed by atoms with van der Waals surface area (Å²) in [7, 11) is 0. The summed E-state index contributed by atoms with van der Waals surface area (Å²) < 4.78 is 65.3. The molecule has 1 fully saturated rings. The van der Waals surface area contributed by atoms with Crippen LogP contribution in [0.3, 0.4) is 0 Å². The second-order valence-corrected chi connectivity index (χ2v) is 3.86. The highest BCUT2D eigenvalue weighted by molar-refractivity contribution is 7.80. The van der Waals surface area contributed by atoms with Gasteiger partial charge >= 0.3 is 0 Å². The third-order valence-corrected chi connectivity index (χ3v) is 2.46. The molecule has 0 aromatic heterocycles. The van der Waals surface area contributed by atoms with Gasteiger partial charge in [-0.25, -0.2) is 22.0 Å². The van der Waals surface area contributed by atoms with E-state index in [9.17, 15) is 26.7 Å². The SMILES string of the molecule is O=C1NC(=S)N/C1=C\c1c(F)c(F)c(F)c(F)c1F. The first-order valence-corrected chi connectivity index (χ1v) is 5.09. The molecule has 0 radical (unpaired) electrons. The van der Waals surface area contributed by atoms with E-state index in [0.29, 0.717) is 6.08 Å². The van der Waals surface area contributed by atoms with Crippen LogP contribution in [-0.4, -0.2) is 11.0 Å². The van der Waals surface area contributed by atoms with Gasteiger partial charge in [0.15, 0.2) is 28.4 Å². The highest BCUT2D eigenvalue weighted by Crippen LogP contribution is 2.24. The van der Waals surface area contributed by atoms with Gasteiger partial charge in [-0.05, 0) is 18.3 Å². The van der Waals surface area contributed by atoms with E-state index < -0.39 is 46.3 Å². The zero-order valence-electron chi connectivity index (χ0n) is 8.78. The third kappa shape index (κ3) is 2.16. The quantitative estimate of drug-likeness (QED) is 0.272. The lowest BCUT2D eigenvalue weighted by atomic mass is 10.1. The second kappa shape index (κ2) is 4.57. The minimum atomic E-state index is -2.27. The molecule has 0 aliphatic carbocycles. The number of benzene rings is 1. The van der Waals surface area contributed by atoms with Crippen molar-refractivity contribution in [1.29, 1.82) is 0 Å². The number of carbonyl (C=O) groups is 1. The summed E-state index contributed by atoms with van der Waals surface area (Å²) in [5, 5.41) is 4.15. The number of amides is 1. The number of thiocarbonyl (C=S) groups is 1.